The van der Waals surface area contributed by atoms with E-state index in [9.17, 15) is 0 Å². The number of aryl methyl sites for hydroxylation is 2. The zero-order chi connectivity index (χ0) is 10.7. The first kappa shape index (κ1) is 10.4. The van der Waals surface area contributed by atoms with Crippen LogP contribution in [0.15, 0.2) is 4.99 Å². The first-order valence-electron chi connectivity index (χ1n) is 5.21. The van der Waals surface area contributed by atoms with E-state index >= 15 is 0 Å². The zero-order valence-corrected chi connectivity index (χ0v) is 9.95. The van der Waals surface area contributed by atoms with Gasteiger partial charge in [-0.3, -0.25) is 4.99 Å². The Kier molecular flexibility index (Phi) is 3.20. The van der Waals surface area contributed by atoms with Gasteiger partial charge in [-0.05, 0) is 20.3 Å². The predicted molar refractivity (Wildman–Crippen MR) is 63.3 cm³/mol. The number of nitrogens with zero attached hydrogens (tertiary/aromatic N) is 2. The molecule has 1 aromatic heterocycles. The molecule has 0 unspecified atom stereocenters. The summed E-state index contributed by atoms with van der Waals surface area (Å²) < 4.78 is 0. The third-order valence-corrected chi connectivity index (χ3v) is 3.45. The molecule has 1 aromatic rings. The molecule has 2 rings (SSSR count). The van der Waals surface area contributed by atoms with Gasteiger partial charge in [0.15, 0.2) is 5.96 Å². The number of thiazole rings is 1. The molecule has 0 radical (unpaired) electrons. The standard InChI is InChI=1S/C10H16N4S/c1-7-8(2)15-9(14-7)6-13-10-11-4-3-5-12-10/h3-6H2,1-2H3,(H2,11,12,13). The van der Waals surface area contributed by atoms with Crippen molar-refractivity contribution in [2.45, 2.75) is 26.8 Å². The van der Waals surface area contributed by atoms with E-state index in [0.717, 1.165) is 42.7 Å². The molecule has 15 heavy (non-hydrogen) atoms. The number of guanidine groups is 1. The molecule has 0 aliphatic carbocycles. The van der Waals surface area contributed by atoms with Gasteiger partial charge in [-0.1, -0.05) is 0 Å². The minimum atomic E-state index is 0.769. The van der Waals surface area contributed by atoms with Crippen LogP contribution in [0.3, 0.4) is 0 Å². The van der Waals surface area contributed by atoms with Crippen LogP contribution in [0, 0.1) is 13.8 Å². The lowest BCUT2D eigenvalue weighted by atomic mass is 10.4. The van der Waals surface area contributed by atoms with Crippen LogP contribution in [0.5, 0.6) is 0 Å². The SMILES string of the molecule is Cc1nc(CNC2=NCCCN2)sc1C. The van der Waals surface area contributed by atoms with E-state index in [1.807, 2.05) is 6.92 Å². The van der Waals surface area contributed by atoms with Crippen molar-refractivity contribution in [2.24, 2.45) is 4.99 Å². The van der Waals surface area contributed by atoms with E-state index in [1.165, 1.54) is 4.88 Å². The van der Waals surface area contributed by atoms with Gasteiger partial charge in [0, 0.05) is 18.0 Å². The highest BCUT2D eigenvalue weighted by Crippen LogP contribution is 2.15. The topological polar surface area (TPSA) is 49.3 Å². The summed E-state index contributed by atoms with van der Waals surface area (Å²) >= 11 is 1.75. The molecule has 82 valence electrons. The van der Waals surface area contributed by atoms with Gasteiger partial charge in [-0.2, -0.15) is 0 Å². The van der Waals surface area contributed by atoms with Crippen molar-refractivity contribution >= 4 is 17.3 Å². The van der Waals surface area contributed by atoms with Crippen LogP contribution < -0.4 is 10.6 Å². The lowest BCUT2D eigenvalue weighted by Gasteiger charge is -2.14. The van der Waals surface area contributed by atoms with Crippen LogP contribution in [0.2, 0.25) is 0 Å². The van der Waals surface area contributed by atoms with Gasteiger partial charge in [0.2, 0.25) is 0 Å². The second-order valence-electron chi connectivity index (χ2n) is 3.61. The summed E-state index contributed by atoms with van der Waals surface area (Å²) in [5.74, 6) is 0.909. The number of rotatable bonds is 2. The Morgan fingerprint density at radius 3 is 2.93 bits per heavy atom. The fourth-order valence-corrected chi connectivity index (χ4v) is 2.30. The largest absolute Gasteiger partial charge is 0.356 e. The summed E-state index contributed by atoms with van der Waals surface area (Å²) in [5, 5.41) is 7.62. The molecule has 0 atom stereocenters. The molecule has 5 heteroatoms. The third-order valence-electron chi connectivity index (χ3n) is 2.38. The maximum atomic E-state index is 4.47. The maximum Gasteiger partial charge on any atom is 0.191 e. The Hall–Kier alpha value is -1.10. The van der Waals surface area contributed by atoms with Gasteiger partial charge in [0.05, 0.1) is 12.2 Å². The molecule has 0 amide bonds. The van der Waals surface area contributed by atoms with Crippen LogP contribution in [-0.4, -0.2) is 24.0 Å². The first-order chi connectivity index (χ1) is 7.25. The van der Waals surface area contributed by atoms with Crippen molar-refractivity contribution in [3.05, 3.63) is 15.6 Å². The van der Waals surface area contributed by atoms with E-state index in [1.54, 1.807) is 11.3 Å². The van der Waals surface area contributed by atoms with Crippen LogP contribution >= 0.6 is 11.3 Å². The number of hydrogen-bond donors (Lipinski definition) is 2. The molecule has 4 nitrogen and oxygen atoms in total. The molecule has 0 saturated carbocycles. The predicted octanol–water partition coefficient (Wildman–Crippen LogP) is 1.20. The molecule has 1 aliphatic rings. The molecule has 0 spiro atoms. The van der Waals surface area contributed by atoms with Crippen LogP contribution in [0.1, 0.15) is 22.0 Å². The minimum Gasteiger partial charge on any atom is -0.356 e. The van der Waals surface area contributed by atoms with Gasteiger partial charge in [-0.15, -0.1) is 11.3 Å². The van der Waals surface area contributed by atoms with Crippen LogP contribution in [-0.2, 0) is 6.54 Å². The lowest BCUT2D eigenvalue weighted by Crippen LogP contribution is -2.40. The summed E-state index contributed by atoms with van der Waals surface area (Å²) in [4.78, 5) is 10.1. The average molecular weight is 224 g/mol. The normalized spacial score (nSPS) is 15.7. The molecule has 0 fully saturated rings. The van der Waals surface area contributed by atoms with Crippen LogP contribution in [0.25, 0.3) is 0 Å². The van der Waals surface area contributed by atoms with Crippen molar-refractivity contribution in [1.82, 2.24) is 15.6 Å². The van der Waals surface area contributed by atoms with Gasteiger partial charge in [0.25, 0.3) is 0 Å². The van der Waals surface area contributed by atoms with Crippen molar-refractivity contribution in [1.29, 1.82) is 0 Å². The van der Waals surface area contributed by atoms with E-state index in [-0.39, 0.29) is 0 Å². The molecule has 0 aromatic carbocycles. The lowest BCUT2D eigenvalue weighted by molar-refractivity contribution is 0.701. The summed E-state index contributed by atoms with van der Waals surface area (Å²) in [6.45, 7) is 6.86. The summed E-state index contributed by atoms with van der Waals surface area (Å²) in [5.41, 5.74) is 1.13. The first-order valence-corrected chi connectivity index (χ1v) is 6.02. The smallest absolute Gasteiger partial charge is 0.191 e. The van der Waals surface area contributed by atoms with E-state index < -0.39 is 0 Å². The number of aliphatic imine (C=N–C) groups is 1. The monoisotopic (exact) mass is 224 g/mol. The molecular weight excluding hydrogens is 208 g/mol. The van der Waals surface area contributed by atoms with Gasteiger partial charge in [0.1, 0.15) is 5.01 Å². The fraction of sp³-hybridized carbons (Fsp3) is 0.600. The quantitative estimate of drug-likeness (QED) is 0.793. The third kappa shape index (κ3) is 2.68. The minimum absolute atomic E-state index is 0.769. The van der Waals surface area contributed by atoms with Crippen LogP contribution in [0.4, 0.5) is 0 Å². The fourth-order valence-electron chi connectivity index (χ4n) is 1.43. The molecule has 0 saturated heterocycles. The Bertz CT molecular complexity index is 350. The zero-order valence-electron chi connectivity index (χ0n) is 9.13. The molecule has 2 heterocycles. The Morgan fingerprint density at radius 2 is 2.33 bits per heavy atom. The van der Waals surface area contributed by atoms with Crippen molar-refractivity contribution in [2.75, 3.05) is 13.1 Å². The van der Waals surface area contributed by atoms with Gasteiger partial charge in [-0.25, -0.2) is 4.98 Å². The van der Waals surface area contributed by atoms with Gasteiger partial charge >= 0.3 is 0 Å². The summed E-state index contributed by atoms with van der Waals surface area (Å²) in [6, 6.07) is 0. The van der Waals surface area contributed by atoms with E-state index in [4.69, 9.17) is 0 Å². The number of aromatic nitrogens is 1. The number of nitrogens with one attached hydrogen (secondary N) is 2. The Morgan fingerprint density at radius 1 is 1.47 bits per heavy atom. The van der Waals surface area contributed by atoms with Crippen molar-refractivity contribution in [3.8, 4) is 0 Å². The van der Waals surface area contributed by atoms with Crippen molar-refractivity contribution in [3.63, 3.8) is 0 Å². The highest BCUT2D eigenvalue weighted by atomic mass is 32.1. The molecule has 2 N–H and O–H groups in total. The highest BCUT2D eigenvalue weighted by Gasteiger charge is 2.06. The second kappa shape index (κ2) is 4.61. The highest BCUT2D eigenvalue weighted by molar-refractivity contribution is 7.11. The second-order valence-corrected chi connectivity index (χ2v) is 4.90. The maximum absolute atomic E-state index is 4.47. The van der Waals surface area contributed by atoms with Crippen molar-refractivity contribution < 1.29 is 0 Å². The molecule has 1 aliphatic heterocycles. The Labute approximate surface area is 93.8 Å². The van der Waals surface area contributed by atoms with E-state index in [2.05, 4.69) is 27.5 Å². The molecule has 0 bridgehead atoms. The summed E-state index contributed by atoms with van der Waals surface area (Å²) in [6.07, 6.45) is 1.13. The number of hydrogen-bond acceptors (Lipinski definition) is 5. The Balaban J connectivity index is 1.89. The molecular formula is C10H16N4S. The summed E-state index contributed by atoms with van der Waals surface area (Å²) in [7, 11) is 0. The average Bonchev–Trinajstić information content (AvgIpc) is 2.57. The van der Waals surface area contributed by atoms with Gasteiger partial charge < -0.3 is 10.6 Å². The van der Waals surface area contributed by atoms with E-state index in [0.29, 0.717) is 0 Å².